The van der Waals surface area contributed by atoms with Gasteiger partial charge in [0.2, 0.25) is 17.7 Å². The highest BCUT2D eigenvalue weighted by atomic mass is 16.6. The number of hydrogen-bond acceptors (Lipinski definition) is 15. The van der Waals surface area contributed by atoms with Gasteiger partial charge < -0.3 is 30.7 Å². The fourth-order valence-corrected chi connectivity index (χ4v) is 4.59. The van der Waals surface area contributed by atoms with Crippen LogP contribution in [0.25, 0.3) is 0 Å². The first-order valence-corrected chi connectivity index (χ1v) is 15.7. The molecule has 0 bridgehead atoms. The number of hydrogen-bond donors (Lipinski definition) is 4. The second-order valence-corrected chi connectivity index (χ2v) is 11.6. The zero-order valence-corrected chi connectivity index (χ0v) is 27.5. The van der Waals surface area contributed by atoms with Crippen molar-refractivity contribution in [1.29, 1.82) is 0 Å². The second-order valence-electron chi connectivity index (χ2n) is 11.6. The van der Waals surface area contributed by atoms with Gasteiger partial charge in [-0.3, -0.25) is 58.0 Å². The SMILES string of the molecule is CCNCCNC(=O)CN(CCN1CC(=O)OC(=O)C1)CC(=O)NCCNC(=O)CN(CCN1CC(=O)OC(=O)C1)CC(=O)C(C)C. The molecule has 0 saturated carbocycles. The topological polar surface area (TPSA) is 216 Å². The molecule has 0 atom stereocenters. The van der Waals surface area contributed by atoms with Gasteiger partial charge in [-0.05, 0) is 6.54 Å². The van der Waals surface area contributed by atoms with Gasteiger partial charge in [-0.1, -0.05) is 20.8 Å². The molecule has 47 heavy (non-hydrogen) atoms. The number of ketones is 1. The molecule has 4 N–H and O–H groups in total. The van der Waals surface area contributed by atoms with Crippen LogP contribution in [0.4, 0.5) is 0 Å². The number of cyclic esters (lactones) is 4. The van der Waals surface area contributed by atoms with Crippen LogP contribution in [0.3, 0.4) is 0 Å². The number of morpholine rings is 2. The Kier molecular flexibility index (Phi) is 17.7. The molecule has 0 unspecified atom stereocenters. The highest BCUT2D eigenvalue weighted by molar-refractivity contribution is 5.90. The molecule has 2 aliphatic rings. The molecule has 0 aromatic carbocycles. The Morgan fingerprint density at radius 3 is 1.36 bits per heavy atom. The van der Waals surface area contributed by atoms with E-state index in [9.17, 15) is 38.4 Å². The number of Topliss-reactive ketones (excluding diaryl/α,β-unsaturated/α-hetero) is 1. The standard InChI is InChI=1S/C29H48N8O10/c1-4-30-5-6-31-24(40)15-35(10-12-37-19-28(44)47-29(45)20-37)16-25(41)33-8-7-32-23(39)14-34(13-22(38)21(2)3)9-11-36-17-26(42)46-27(43)18-36/h21,30H,4-20H2,1-3H3,(H,31,40)(H,32,39)(H,33,41). The van der Waals surface area contributed by atoms with Crippen molar-refractivity contribution in [1.82, 2.24) is 40.9 Å². The van der Waals surface area contributed by atoms with Crippen LogP contribution in [-0.4, -0.2) is 178 Å². The van der Waals surface area contributed by atoms with Crippen molar-refractivity contribution >= 4 is 47.4 Å². The fourth-order valence-electron chi connectivity index (χ4n) is 4.59. The number of carbonyl (C=O) groups excluding carboxylic acids is 8. The largest absolute Gasteiger partial charge is 0.391 e. The zero-order chi connectivity index (χ0) is 34.8. The van der Waals surface area contributed by atoms with Crippen LogP contribution in [0.2, 0.25) is 0 Å². The molecule has 0 spiro atoms. The Labute approximate surface area is 274 Å². The van der Waals surface area contributed by atoms with E-state index in [2.05, 4.69) is 30.7 Å². The summed E-state index contributed by atoms with van der Waals surface area (Å²) >= 11 is 0. The minimum atomic E-state index is -0.659. The number of esters is 4. The van der Waals surface area contributed by atoms with Crippen LogP contribution in [0.5, 0.6) is 0 Å². The average molecular weight is 669 g/mol. The average Bonchev–Trinajstić information content (AvgIpc) is 2.98. The molecule has 0 aliphatic carbocycles. The number of nitrogens with zero attached hydrogens (tertiary/aromatic N) is 4. The first-order valence-electron chi connectivity index (χ1n) is 15.7. The molecule has 3 amide bonds. The van der Waals surface area contributed by atoms with E-state index < -0.39 is 29.8 Å². The van der Waals surface area contributed by atoms with Crippen LogP contribution >= 0.6 is 0 Å². The summed E-state index contributed by atoms with van der Waals surface area (Å²) in [6.45, 7) is 7.85. The summed E-state index contributed by atoms with van der Waals surface area (Å²) in [6, 6.07) is 0. The zero-order valence-electron chi connectivity index (χ0n) is 27.5. The van der Waals surface area contributed by atoms with Crippen molar-refractivity contribution in [3.63, 3.8) is 0 Å². The number of nitrogens with one attached hydrogen (secondary N) is 4. The minimum absolute atomic E-state index is 0.0133. The van der Waals surface area contributed by atoms with Crippen LogP contribution < -0.4 is 21.3 Å². The lowest BCUT2D eigenvalue weighted by atomic mass is 10.1. The monoisotopic (exact) mass is 668 g/mol. The van der Waals surface area contributed by atoms with Crippen LogP contribution in [0, 0.1) is 5.92 Å². The highest BCUT2D eigenvalue weighted by Crippen LogP contribution is 2.04. The van der Waals surface area contributed by atoms with E-state index in [4.69, 9.17) is 0 Å². The maximum atomic E-state index is 12.7. The minimum Gasteiger partial charge on any atom is -0.391 e. The molecule has 264 valence electrons. The Morgan fingerprint density at radius 2 is 1.00 bits per heavy atom. The van der Waals surface area contributed by atoms with Gasteiger partial charge in [0.25, 0.3) is 0 Å². The Hall–Kier alpha value is -3.84. The van der Waals surface area contributed by atoms with E-state index in [1.807, 2.05) is 6.92 Å². The summed E-state index contributed by atoms with van der Waals surface area (Å²) in [6.07, 6.45) is 0. The molecule has 2 rings (SSSR count). The predicted molar refractivity (Wildman–Crippen MR) is 165 cm³/mol. The molecule has 18 nitrogen and oxygen atoms in total. The van der Waals surface area contributed by atoms with Gasteiger partial charge in [-0.25, -0.2) is 0 Å². The number of rotatable bonds is 22. The van der Waals surface area contributed by atoms with Crippen molar-refractivity contribution in [3.8, 4) is 0 Å². The van der Waals surface area contributed by atoms with Gasteiger partial charge in [0.1, 0.15) is 5.78 Å². The number of ether oxygens (including phenoxy) is 2. The molecule has 2 heterocycles. The summed E-state index contributed by atoms with van der Waals surface area (Å²) in [5.74, 6) is -3.99. The van der Waals surface area contributed by atoms with Crippen molar-refractivity contribution in [2.24, 2.45) is 5.92 Å². The Morgan fingerprint density at radius 1 is 0.638 bits per heavy atom. The third kappa shape index (κ3) is 17.0. The molecular formula is C29H48N8O10. The van der Waals surface area contributed by atoms with Crippen LogP contribution in [-0.2, 0) is 47.8 Å². The first-order chi connectivity index (χ1) is 22.3. The van der Waals surface area contributed by atoms with Gasteiger partial charge in [0.05, 0.1) is 52.4 Å². The van der Waals surface area contributed by atoms with Gasteiger partial charge in [0, 0.05) is 58.3 Å². The molecule has 2 aliphatic heterocycles. The van der Waals surface area contributed by atoms with E-state index in [1.54, 1.807) is 33.4 Å². The third-order valence-corrected chi connectivity index (χ3v) is 7.10. The molecule has 2 saturated heterocycles. The highest BCUT2D eigenvalue weighted by Gasteiger charge is 2.27. The number of carbonyl (C=O) groups is 8. The quantitative estimate of drug-likeness (QED) is 0.0486. The van der Waals surface area contributed by atoms with Gasteiger partial charge in [-0.2, -0.15) is 0 Å². The summed E-state index contributed by atoms with van der Waals surface area (Å²) in [7, 11) is 0. The first kappa shape index (κ1) is 39.3. The lowest BCUT2D eigenvalue weighted by Gasteiger charge is -2.28. The Bertz CT molecular complexity index is 1100. The lowest BCUT2D eigenvalue weighted by molar-refractivity contribution is -0.168. The molecule has 18 heteroatoms. The van der Waals surface area contributed by atoms with Gasteiger partial charge in [0.15, 0.2) is 0 Å². The summed E-state index contributed by atoms with van der Waals surface area (Å²) < 4.78 is 9.06. The van der Waals surface area contributed by atoms with Gasteiger partial charge >= 0.3 is 23.9 Å². The summed E-state index contributed by atoms with van der Waals surface area (Å²) in [4.78, 5) is 103. The fraction of sp³-hybridized carbons (Fsp3) is 0.724. The predicted octanol–water partition coefficient (Wildman–Crippen LogP) is -4.46. The summed E-state index contributed by atoms with van der Waals surface area (Å²) in [5.41, 5.74) is 0. The molecule has 0 aromatic heterocycles. The molecular weight excluding hydrogens is 620 g/mol. The van der Waals surface area contributed by atoms with Crippen molar-refractivity contribution < 1.29 is 47.8 Å². The molecule has 0 aromatic rings. The van der Waals surface area contributed by atoms with Crippen LogP contribution in [0.1, 0.15) is 20.8 Å². The van der Waals surface area contributed by atoms with E-state index in [1.165, 1.54) is 0 Å². The Balaban J connectivity index is 1.82. The van der Waals surface area contributed by atoms with Crippen molar-refractivity contribution in [2.75, 3.05) is 111 Å². The maximum Gasteiger partial charge on any atom is 0.327 e. The van der Waals surface area contributed by atoms with E-state index in [0.717, 1.165) is 6.54 Å². The smallest absolute Gasteiger partial charge is 0.327 e. The molecule has 0 radical (unpaired) electrons. The van der Waals surface area contributed by atoms with Crippen LogP contribution in [0.15, 0.2) is 0 Å². The maximum absolute atomic E-state index is 12.7. The summed E-state index contributed by atoms with van der Waals surface area (Å²) in [5, 5.41) is 11.3. The van der Waals surface area contributed by atoms with Gasteiger partial charge in [-0.15, -0.1) is 0 Å². The van der Waals surface area contributed by atoms with E-state index >= 15 is 0 Å². The lowest BCUT2D eigenvalue weighted by Crippen LogP contribution is -2.50. The van der Waals surface area contributed by atoms with Crippen molar-refractivity contribution in [3.05, 3.63) is 0 Å². The molecule has 2 fully saturated rings. The van der Waals surface area contributed by atoms with Crippen molar-refractivity contribution in [2.45, 2.75) is 20.8 Å². The number of amides is 3. The third-order valence-electron chi connectivity index (χ3n) is 7.10. The number of likely N-dealkylation sites (N-methyl/N-ethyl adjacent to an activating group) is 1. The van der Waals surface area contributed by atoms with E-state index in [-0.39, 0.29) is 115 Å². The normalized spacial score (nSPS) is 16.0. The van der Waals surface area contributed by atoms with E-state index in [0.29, 0.717) is 13.1 Å². The second kappa shape index (κ2) is 21.1.